The lowest BCUT2D eigenvalue weighted by Gasteiger charge is -2.23. The SMILES string of the molecule is CCN(Cc1ccccn1)C(=O)C(C)c1cc2ccccc2o1. The third kappa shape index (κ3) is 3.26. The van der Waals surface area contributed by atoms with Gasteiger partial charge in [-0.05, 0) is 38.1 Å². The van der Waals surface area contributed by atoms with Crippen LogP contribution in [0, 0.1) is 0 Å². The Bertz CT molecular complexity index is 762. The highest BCUT2D eigenvalue weighted by atomic mass is 16.3. The number of nitrogens with zero attached hydrogens (tertiary/aromatic N) is 2. The van der Waals surface area contributed by atoms with Crippen LogP contribution in [0.5, 0.6) is 0 Å². The number of pyridine rings is 1. The number of fused-ring (bicyclic) bond motifs is 1. The van der Waals surface area contributed by atoms with Crippen LogP contribution in [0.4, 0.5) is 0 Å². The zero-order valence-corrected chi connectivity index (χ0v) is 13.4. The summed E-state index contributed by atoms with van der Waals surface area (Å²) >= 11 is 0. The lowest BCUT2D eigenvalue weighted by Crippen LogP contribution is -2.33. The van der Waals surface area contributed by atoms with Crippen LogP contribution in [-0.2, 0) is 11.3 Å². The largest absolute Gasteiger partial charge is 0.460 e. The van der Waals surface area contributed by atoms with Gasteiger partial charge in [-0.25, -0.2) is 0 Å². The molecule has 0 aliphatic heterocycles. The number of amides is 1. The predicted molar refractivity (Wildman–Crippen MR) is 90.0 cm³/mol. The molecule has 1 amide bonds. The van der Waals surface area contributed by atoms with Gasteiger partial charge in [0.2, 0.25) is 5.91 Å². The molecule has 0 radical (unpaired) electrons. The summed E-state index contributed by atoms with van der Waals surface area (Å²) in [5.74, 6) is 0.443. The zero-order valence-electron chi connectivity index (χ0n) is 13.4. The Morgan fingerprint density at radius 1 is 1.22 bits per heavy atom. The van der Waals surface area contributed by atoms with Gasteiger partial charge in [0.1, 0.15) is 11.3 Å². The molecule has 0 bridgehead atoms. The van der Waals surface area contributed by atoms with Crippen molar-refractivity contribution in [3.63, 3.8) is 0 Å². The van der Waals surface area contributed by atoms with E-state index in [-0.39, 0.29) is 11.8 Å². The maximum Gasteiger partial charge on any atom is 0.233 e. The van der Waals surface area contributed by atoms with E-state index in [0.717, 1.165) is 16.7 Å². The molecule has 2 heterocycles. The number of hydrogen-bond donors (Lipinski definition) is 0. The second-order valence-electron chi connectivity index (χ2n) is 5.58. The molecule has 23 heavy (non-hydrogen) atoms. The molecule has 3 aromatic rings. The van der Waals surface area contributed by atoms with Gasteiger partial charge in [0, 0.05) is 18.1 Å². The number of aromatic nitrogens is 1. The smallest absolute Gasteiger partial charge is 0.233 e. The Balaban J connectivity index is 1.79. The first kappa shape index (κ1) is 15.3. The Hall–Kier alpha value is -2.62. The van der Waals surface area contributed by atoms with Crippen molar-refractivity contribution in [3.8, 4) is 0 Å². The average molecular weight is 308 g/mol. The summed E-state index contributed by atoms with van der Waals surface area (Å²) in [5, 5.41) is 1.02. The highest BCUT2D eigenvalue weighted by molar-refractivity contribution is 5.85. The van der Waals surface area contributed by atoms with Crippen molar-refractivity contribution in [1.82, 2.24) is 9.88 Å². The molecule has 0 saturated carbocycles. The number of hydrogen-bond acceptors (Lipinski definition) is 3. The van der Waals surface area contributed by atoms with E-state index in [9.17, 15) is 4.79 Å². The molecule has 0 fully saturated rings. The zero-order chi connectivity index (χ0) is 16.2. The number of benzene rings is 1. The summed E-state index contributed by atoms with van der Waals surface area (Å²) in [7, 11) is 0. The molecular formula is C19H20N2O2. The third-order valence-corrected chi connectivity index (χ3v) is 4.01. The molecular weight excluding hydrogens is 288 g/mol. The molecule has 1 unspecified atom stereocenters. The molecule has 118 valence electrons. The van der Waals surface area contributed by atoms with Crippen molar-refractivity contribution < 1.29 is 9.21 Å². The fourth-order valence-corrected chi connectivity index (χ4v) is 2.64. The van der Waals surface area contributed by atoms with Crippen molar-refractivity contribution >= 4 is 16.9 Å². The predicted octanol–water partition coefficient (Wildman–Crippen LogP) is 3.98. The van der Waals surface area contributed by atoms with Crippen molar-refractivity contribution in [1.29, 1.82) is 0 Å². The van der Waals surface area contributed by atoms with Crippen molar-refractivity contribution in [2.24, 2.45) is 0 Å². The van der Waals surface area contributed by atoms with E-state index in [1.54, 1.807) is 11.1 Å². The Morgan fingerprint density at radius 3 is 2.70 bits per heavy atom. The summed E-state index contributed by atoms with van der Waals surface area (Å²) in [5.41, 5.74) is 1.70. The molecule has 4 heteroatoms. The number of furan rings is 1. The van der Waals surface area contributed by atoms with E-state index in [2.05, 4.69) is 4.98 Å². The lowest BCUT2D eigenvalue weighted by atomic mass is 10.1. The van der Waals surface area contributed by atoms with Gasteiger partial charge in [-0.2, -0.15) is 0 Å². The van der Waals surface area contributed by atoms with Crippen LogP contribution in [0.3, 0.4) is 0 Å². The van der Waals surface area contributed by atoms with Crippen molar-refractivity contribution in [3.05, 3.63) is 66.2 Å². The quantitative estimate of drug-likeness (QED) is 0.716. The summed E-state index contributed by atoms with van der Waals surface area (Å²) in [4.78, 5) is 18.9. The van der Waals surface area contributed by atoms with Crippen LogP contribution in [0.2, 0.25) is 0 Å². The molecule has 0 aliphatic carbocycles. The summed E-state index contributed by atoms with van der Waals surface area (Å²) < 4.78 is 5.83. The molecule has 3 rings (SSSR count). The number of carbonyl (C=O) groups excluding carboxylic acids is 1. The summed E-state index contributed by atoms with van der Waals surface area (Å²) in [6.07, 6.45) is 1.75. The van der Waals surface area contributed by atoms with E-state index in [4.69, 9.17) is 4.42 Å². The summed E-state index contributed by atoms with van der Waals surface area (Å²) in [6.45, 7) is 5.02. The van der Waals surface area contributed by atoms with Crippen LogP contribution in [0.25, 0.3) is 11.0 Å². The Labute approximate surface area is 135 Å². The molecule has 1 atom stereocenters. The number of likely N-dealkylation sites (N-methyl/N-ethyl adjacent to an activating group) is 1. The molecule has 2 aromatic heterocycles. The molecule has 0 saturated heterocycles. The van der Waals surface area contributed by atoms with Crippen molar-refractivity contribution in [2.75, 3.05) is 6.54 Å². The van der Waals surface area contributed by atoms with Gasteiger partial charge >= 0.3 is 0 Å². The molecule has 4 nitrogen and oxygen atoms in total. The first-order valence-electron chi connectivity index (χ1n) is 7.86. The van der Waals surface area contributed by atoms with Crippen LogP contribution in [0.15, 0.2) is 59.1 Å². The second-order valence-corrected chi connectivity index (χ2v) is 5.58. The van der Waals surface area contributed by atoms with E-state index < -0.39 is 0 Å². The van der Waals surface area contributed by atoms with E-state index in [1.807, 2.05) is 62.4 Å². The minimum absolute atomic E-state index is 0.0530. The summed E-state index contributed by atoms with van der Waals surface area (Å²) in [6, 6.07) is 15.5. The van der Waals surface area contributed by atoms with E-state index in [0.29, 0.717) is 18.8 Å². The number of rotatable bonds is 5. The lowest BCUT2D eigenvalue weighted by molar-refractivity contribution is -0.133. The van der Waals surface area contributed by atoms with E-state index >= 15 is 0 Å². The Morgan fingerprint density at radius 2 is 2.00 bits per heavy atom. The fraction of sp³-hybridized carbons (Fsp3) is 0.263. The normalized spacial score (nSPS) is 12.3. The number of para-hydroxylation sites is 1. The third-order valence-electron chi connectivity index (χ3n) is 4.01. The monoisotopic (exact) mass is 308 g/mol. The maximum absolute atomic E-state index is 12.8. The average Bonchev–Trinajstić information content (AvgIpc) is 3.03. The molecule has 0 aliphatic rings. The number of carbonyl (C=O) groups is 1. The van der Waals surface area contributed by atoms with Gasteiger partial charge in [0.25, 0.3) is 0 Å². The van der Waals surface area contributed by atoms with Gasteiger partial charge in [-0.15, -0.1) is 0 Å². The first-order chi connectivity index (χ1) is 11.2. The van der Waals surface area contributed by atoms with Crippen molar-refractivity contribution in [2.45, 2.75) is 26.3 Å². The van der Waals surface area contributed by atoms with Crippen LogP contribution in [-0.4, -0.2) is 22.3 Å². The van der Waals surface area contributed by atoms with E-state index in [1.165, 1.54) is 0 Å². The van der Waals surface area contributed by atoms with Gasteiger partial charge in [-0.1, -0.05) is 24.3 Å². The molecule has 0 N–H and O–H groups in total. The molecule has 1 aromatic carbocycles. The fourth-order valence-electron chi connectivity index (χ4n) is 2.64. The van der Waals surface area contributed by atoms with Crippen LogP contribution < -0.4 is 0 Å². The highest BCUT2D eigenvalue weighted by Crippen LogP contribution is 2.26. The van der Waals surface area contributed by atoms with Gasteiger partial charge < -0.3 is 9.32 Å². The van der Waals surface area contributed by atoms with Crippen LogP contribution >= 0.6 is 0 Å². The van der Waals surface area contributed by atoms with Gasteiger partial charge in [0.15, 0.2) is 0 Å². The van der Waals surface area contributed by atoms with Crippen LogP contribution in [0.1, 0.15) is 31.2 Å². The van der Waals surface area contributed by atoms with Gasteiger partial charge in [0.05, 0.1) is 18.2 Å². The first-order valence-corrected chi connectivity index (χ1v) is 7.86. The highest BCUT2D eigenvalue weighted by Gasteiger charge is 2.24. The molecule has 0 spiro atoms. The standard InChI is InChI=1S/C19H20N2O2/c1-3-21(13-16-9-6-7-11-20-16)19(22)14(2)18-12-15-8-4-5-10-17(15)23-18/h4-12,14H,3,13H2,1-2H3. The Kier molecular flexibility index (Phi) is 4.42. The second kappa shape index (κ2) is 6.65. The maximum atomic E-state index is 12.8. The van der Waals surface area contributed by atoms with Gasteiger partial charge in [-0.3, -0.25) is 9.78 Å². The topological polar surface area (TPSA) is 46.3 Å². The minimum Gasteiger partial charge on any atom is -0.460 e. The minimum atomic E-state index is -0.314.